The molecule has 3 aromatic rings. The molecule has 0 saturated heterocycles. The Morgan fingerprint density at radius 3 is 2.41 bits per heavy atom. The molecule has 27 heavy (non-hydrogen) atoms. The summed E-state index contributed by atoms with van der Waals surface area (Å²) in [6.45, 7) is 2.09. The number of fused-ring (bicyclic) bond motifs is 1. The number of carbonyl (C=O) groups is 1. The lowest BCUT2D eigenvalue weighted by Crippen LogP contribution is -2.14. The molecule has 1 aromatic heterocycles. The summed E-state index contributed by atoms with van der Waals surface area (Å²) in [5.41, 5.74) is 2.74. The molecule has 5 nitrogen and oxygen atoms in total. The van der Waals surface area contributed by atoms with Crippen LogP contribution in [-0.2, 0) is 11.2 Å². The summed E-state index contributed by atoms with van der Waals surface area (Å²) in [6, 6.07) is 15.2. The maximum atomic E-state index is 12.3. The monoisotopic (exact) mass is 382 g/mol. The van der Waals surface area contributed by atoms with Crippen LogP contribution in [0, 0.1) is 0 Å². The number of aryl methyl sites for hydroxylation is 1. The number of hydrogen-bond donors (Lipinski definition) is 1. The van der Waals surface area contributed by atoms with Crippen LogP contribution in [0.25, 0.3) is 10.9 Å². The quantitative estimate of drug-likeness (QED) is 0.608. The highest BCUT2D eigenvalue weighted by atomic mass is 32.2. The van der Waals surface area contributed by atoms with E-state index in [1.807, 2.05) is 42.5 Å². The van der Waals surface area contributed by atoms with Gasteiger partial charge in [-0.1, -0.05) is 18.7 Å². The highest BCUT2D eigenvalue weighted by Crippen LogP contribution is 2.28. The van der Waals surface area contributed by atoms with Gasteiger partial charge in [0.05, 0.1) is 25.5 Å². The summed E-state index contributed by atoms with van der Waals surface area (Å²) in [6.07, 6.45) is 0.859. The molecule has 0 aliphatic carbocycles. The topological polar surface area (TPSA) is 60.5 Å². The van der Waals surface area contributed by atoms with Gasteiger partial charge in [-0.3, -0.25) is 4.79 Å². The van der Waals surface area contributed by atoms with E-state index in [1.165, 1.54) is 11.8 Å². The van der Waals surface area contributed by atoms with Crippen molar-refractivity contribution in [2.45, 2.75) is 18.4 Å². The summed E-state index contributed by atoms with van der Waals surface area (Å²) < 4.78 is 10.4. The molecule has 0 bridgehead atoms. The van der Waals surface area contributed by atoms with Crippen LogP contribution in [-0.4, -0.2) is 30.9 Å². The molecule has 0 unspecified atom stereocenters. The lowest BCUT2D eigenvalue weighted by molar-refractivity contribution is -0.113. The normalized spacial score (nSPS) is 10.6. The number of nitrogens with zero attached hydrogens (tertiary/aromatic N) is 1. The number of hydrogen-bond acceptors (Lipinski definition) is 5. The van der Waals surface area contributed by atoms with Crippen molar-refractivity contribution in [3.05, 3.63) is 54.1 Å². The van der Waals surface area contributed by atoms with Crippen molar-refractivity contribution in [1.29, 1.82) is 0 Å². The molecule has 2 aromatic carbocycles. The molecule has 0 aliphatic rings. The molecule has 0 radical (unpaired) electrons. The van der Waals surface area contributed by atoms with Crippen molar-refractivity contribution in [2.24, 2.45) is 0 Å². The molecule has 1 N–H and O–H groups in total. The minimum absolute atomic E-state index is 0.0697. The second kappa shape index (κ2) is 8.77. The summed E-state index contributed by atoms with van der Waals surface area (Å²) in [5.74, 6) is 1.75. The smallest absolute Gasteiger partial charge is 0.234 e. The maximum absolute atomic E-state index is 12.3. The molecular formula is C21H22N2O3S. The average Bonchev–Trinajstić information content (AvgIpc) is 2.71. The average molecular weight is 382 g/mol. The Balaban J connectivity index is 1.71. The molecule has 1 amide bonds. The van der Waals surface area contributed by atoms with Crippen molar-refractivity contribution in [3.63, 3.8) is 0 Å². The number of ether oxygens (including phenoxy) is 2. The molecule has 0 saturated carbocycles. The number of anilines is 1. The zero-order valence-electron chi connectivity index (χ0n) is 15.6. The Morgan fingerprint density at radius 2 is 1.74 bits per heavy atom. The van der Waals surface area contributed by atoms with Gasteiger partial charge in [0.25, 0.3) is 0 Å². The van der Waals surface area contributed by atoms with Gasteiger partial charge in [0.1, 0.15) is 16.5 Å². The molecule has 0 spiro atoms. The number of amides is 1. The van der Waals surface area contributed by atoms with Crippen molar-refractivity contribution in [1.82, 2.24) is 4.98 Å². The van der Waals surface area contributed by atoms with Crippen LogP contribution in [0.4, 0.5) is 5.69 Å². The zero-order chi connectivity index (χ0) is 19.2. The molecule has 0 fully saturated rings. The molecule has 140 valence electrons. The number of pyridine rings is 1. The van der Waals surface area contributed by atoms with Crippen LogP contribution in [0.15, 0.2) is 53.6 Å². The van der Waals surface area contributed by atoms with E-state index < -0.39 is 0 Å². The molecule has 1 heterocycles. The van der Waals surface area contributed by atoms with Gasteiger partial charge in [-0.25, -0.2) is 4.98 Å². The number of carbonyl (C=O) groups excluding carboxylic acids is 1. The van der Waals surface area contributed by atoms with Crippen molar-refractivity contribution in [3.8, 4) is 11.5 Å². The number of thioether (sulfide) groups is 1. The van der Waals surface area contributed by atoms with Gasteiger partial charge >= 0.3 is 0 Å². The third-order valence-electron chi connectivity index (χ3n) is 4.16. The number of nitrogens with one attached hydrogen (secondary N) is 1. The van der Waals surface area contributed by atoms with E-state index in [1.54, 1.807) is 14.2 Å². The van der Waals surface area contributed by atoms with Gasteiger partial charge in [-0.15, -0.1) is 0 Å². The first-order valence-corrected chi connectivity index (χ1v) is 9.66. The van der Waals surface area contributed by atoms with Gasteiger partial charge in [0, 0.05) is 17.1 Å². The van der Waals surface area contributed by atoms with Crippen LogP contribution in [0.3, 0.4) is 0 Å². The molecular weight excluding hydrogens is 360 g/mol. The Bertz CT molecular complexity index is 942. The molecule has 3 rings (SSSR count). The highest BCUT2D eigenvalue weighted by molar-refractivity contribution is 8.00. The summed E-state index contributed by atoms with van der Waals surface area (Å²) in [5, 5.41) is 4.84. The van der Waals surface area contributed by atoms with E-state index in [-0.39, 0.29) is 5.91 Å². The standard InChI is InChI=1S/C21H22N2O3S/c1-4-14-11-15-5-8-18(26-3)12-19(15)23-21(14)27-13-20(24)22-16-6-9-17(25-2)10-7-16/h5-12H,4,13H2,1-3H3,(H,22,24). The molecule has 0 atom stereocenters. The number of methoxy groups -OCH3 is 2. The fraction of sp³-hybridized carbons (Fsp3) is 0.238. The lowest BCUT2D eigenvalue weighted by Gasteiger charge is -2.10. The number of benzene rings is 2. The third kappa shape index (κ3) is 4.71. The first-order valence-electron chi connectivity index (χ1n) is 8.67. The first-order chi connectivity index (χ1) is 13.1. The minimum Gasteiger partial charge on any atom is -0.497 e. The van der Waals surface area contributed by atoms with Crippen LogP contribution in [0.1, 0.15) is 12.5 Å². The Kier molecular flexibility index (Phi) is 6.19. The highest BCUT2D eigenvalue weighted by Gasteiger charge is 2.10. The van der Waals surface area contributed by atoms with E-state index in [4.69, 9.17) is 14.5 Å². The van der Waals surface area contributed by atoms with Gasteiger partial charge in [0.2, 0.25) is 5.91 Å². The van der Waals surface area contributed by atoms with Gasteiger partial charge < -0.3 is 14.8 Å². The summed E-state index contributed by atoms with van der Waals surface area (Å²) in [4.78, 5) is 17.0. The predicted octanol–water partition coefficient (Wildman–Crippen LogP) is 4.55. The third-order valence-corrected chi connectivity index (χ3v) is 5.19. The van der Waals surface area contributed by atoms with Crippen LogP contribution in [0.5, 0.6) is 11.5 Å². The lowest BCUT2D eigenvalue weighted by atomic mass is 10.1. The second-order valence-corrected chi connectivity index (χ2v) is 6.89. The predicted molar refractivity (Wildman–Crippen MR) is 110 cm³/mol. The molecule has 0 aliphatic heterocycles. The van der Waals surface area contributed by atoms with Crippen molar-refractivity contribution in [2.75, 3.05) is 25.3 Å². The van der Waals surface area contributed by atoms with E-state index in [0.29, 0.717) is 5.75 Å². The van der Waals surface area contributed by atoms with Crippen LogP contribution >= 0.6 is 11.8 Å². The van der Waals surface area contributed by atoms with Gasteiger partial charge in [-0.05, 0) is 54.4 Å². The van der Waals surface area contributed by atoms with E-state index >= 15 is 0 Å². The Hall–Kier alpha value is -2.73. The maximum Gasteiger partial charge on any atom is 0.234 e. The Labute approximate surface area is 163 Å². The summed E-state index contributed by atoms with van der Waals surface area (Å²) >= 11 is 1.45. The minimum atomic E-state index is -0.0697. The molecule has 6 heteroatoms. The fourth-order valence-electron chi connectivity index (χ4n) is 2.68. The zero-order valence-corrected chi connectivity index (χ0v) is 16.4. The van der Waals surface area contributed by atoms with Crippen molar-refractivity contribution >= 4 is 34.3 Å². The first kappa shape index (κ1) is 19.0. The van der Waals surface area contributed by atoms with Crippen LogP contribution < -0.4 is 14.8 Å². The second-order valence-electron chi connectivity index (χ2n) is 5.93. The SMILES string of the molecule is CCc1cc2ccc(OC)cc2nc1SCC(=O)Nc1ccc(OC)cc1. The van der Waals surface area contributed by atoms with E-state index in [0.717, 1.165) is 45.1 Å². The van der Waals surface area contributed by atoms with E-state index in [9.17, 15) is 4.79 Å². The summed E-state index contributed by atoms with van der Waals surface area (Å²) in [7, 11) is 3.25. The van der Waals surface area contributed by atoms with Gasteiger partial charge in [0.15, 0.2) is 0 Å². The largest absolute Gasteiger partial charge is 0.497 e. The Morgan fingerprint density at radius 1 is 1.04 bits per heavy atom. The van der Waals surface area contributed by atoms with Gasteiger partial charge in [-0.2, -0.15) is 0 Å². The fourth-order valence-corrected chi connectivity index (χ4v) is 3.58. The number of rotatable bonds is 7. The number of aromatic nitrogens is 1. The van der Waals surface area contributed by atoms with Crippen molar-refractivity contribution < 1.29 is 14.3 Å². The van der Waals surface area contributed by atoms with Crippen LogP contribution in [0.2, 0.25) is 0 Å². The van der Waals surface area contributed by atoms with E-state index in [2.05, 4.69) is 18.3 Å².